The SMILES string of the molecule is CCOC(=O)[C@H]1CCCN(c2nc(COC)nc3c2cnn3-c2ccc(OC)cc2)C1. The van der Waals surface area contributed by atoms with Gasteiger partial charge in [-0.05, 0) is 44.0 Å². The van der Waals surface area contributed by atoms with Gasteiger partial charge in [-0.1, -0.05) is 0 Å². The molecule has 0 amide bonds. The van der Waals surface area contributed by atoms with E-state index >= 15 is 0 Å². The lowest BCUT2D eigenvalue weighted by atomic mass is 9.98. The van der Waals surface area contributed by atoms with Crippen LogP contribution in [0.3, 0.4) is 0 Å². The van der Waals surface area contributed by atoms with Crippen LogP contribution in [0.5, 0.6) is 5.75 Å². The molecule has 164 valence electrons. The molecule has 1 saturated heterocycles. The standard InChI is InChI=1S/C22H27N5O4/c1-4-31-22(28)15-6-5-11-26(13-15)20-18-12-23-27(16-7-9-17(30-3)10-8-16)21(18)25-19(24-20)14-29-2/h7-10,12,15H,4-6,11,13-14H2,1-3H3/t15-/m0/s1. The minimum atomic E-state index is -0.166. The monoisotopic (exact) mass is 425 g/mol. The molecule has 0 saturated carbocycles. The molecule has 1 aliphatic rings. The summed E-state index contributed by atoms with van der Waals surface area (Å²) in [7, 11) is 3.25. The predicted octanol–water partition coefficient (Wildman–Crippen LogP) is 2.75. The molecule has 1 aromatic carbocycles. The lowest BCUT2D eigenvalue weighted by Crippen LogP contribution is -2.40. The average Bonchev–Trinajstić information content (AvgIpc) is 3.23. The molecule has 0 bridgehead atoms. The zero-order valence-electron chi connectivity index (χ0n) is 18.1. The highest BCUT2D eigenvalue weighted by Gasteiger charge is 2.29. The van der Waals surface area contributed by atoms with Gasteiger partial charge < -0.3 is 19.1 Å². The molecule has 3 aromatic rings. The third-order valence-corrected chi connectivity index (χ3v) is 5.39. The number of carbonyl (C=O) groups excluding carboxylic acids is 1. The molecule has 1 fully saturated rings. The maximum atomic E-state index is 12.3. The molecule has 31 heavy (non-hydrogen) atoms. The van der Waals surface area contributed by atoms with Crippen LogP contribution in [0.15, 0.2) is 30.5 Å². The number of hydrogen-bond acceptors (Lipinski definition) is 8. The summed E-state index contributed by atoms with van der Waals surface area (Å²) in [5.74, 6) is 1.79. The summed E-state index contributed by atoms with van der Waals surface area (Å²) in [4.78, 5) is 23.9. The largest absolute Gasteiger partial charge is 0.497 e. The Balaban J connectivity index is 1.74. The van der Waals surface area contributed by atoms with Gasteiger partial charge in [-0.15, -0.1) is 0 Å². The summed E-state index contributed by atoms with van der Waals surface area (Å²) in [5, 5.41) is 5.41. The number of piperidine rings is 1. The zero-order valence-corrected chi connectivity index (χ0v) is 18.1. The van der Waals surface area contributed by atoms with E-state index in [-0.39, 0.29) is 18.5 Å². The fourth-order valence-electron chi connectivity index (χ4n) is 3.91. The minimum Gasteiger partial charge on any atom is -0.497 e. The van der Waals surface area contributed by atoms with Gasteiger partial charge in [-0.3, -0.25) is 4.79 Å². The van der Waals surface area contributed by atoms with Crippen molar-refractivity contribution in [3.63, 3.8) is 0 Å². The molecule has 4 rings (SSSR count). The van der Waals surface area contributed by atoms with E-state index in [0.717, 1.165) is 42.0 Å². The topological polar surface area (TPSA) is 91.6 Å². The Morgan fingerprint density at radius 2 is 2.00 bits per heavy atom. The summed E-state index contributed by atoms with van der Waals surface area (Å²) >= 11 is 0. The number of methoxy groups -OCH3 is 2. The predicted molar refractivity (Wildman–Crippen MR) is 115 cm³/mol. The minimum absolute atomic E-state index is 0.149. The first-order valence-corrected chi connectivity index (χ1v) is 10.4. The van der Waals surface area contributed by atoms with Crippen molar-refractivity contribution >= 4 is 22.8 Å². The highest BCUT2D eigenvalue weighted by Crippen LogP contribution is 2.30. The number of ether oxygens (including phenoxy) is 3. The number of aromatic nitrogens is 4. The van der Waals surface area contributed by atoms with Gasteiger partial charge in [-0.25, -0.2) is 14.6 Å². The van der Waals surface area contributed by atoms with Crippen LogP contribution in [-0.2, 0) is 20.9 Å². The number of nitrogens with zero attached hydrogens (tertiary/aromatic N) is 5. The average molecular weight is 425 g/mol. The Morgan fingerprint density at radius 1 is 1.19 bits per heavy atom. The van der Waals surface area contributed by atoms with Gasteiger partial charge in [0.05, 0.1) is 36.9 Å². The second kappa shape index (κ2) is 9.30. The fraction of sp³-hybridized carbons (Fsp3) is 0.455. The Labute approximate surface area is 180 Å². The number of rotatable bonds is 7. The van der Waals surface area contributed by atoms with Gasteiger partial charge in [0.1, 0.15) is 18.2 Å². The Morgan fingerprint density at radius 3 is 2.71 bits per heavy atom. The second-order valence-electron chi connectivity index (χ2n) is 7.43. The van der Waals surface area contributed by atoms with Gasteiger partial charge in [0.25, 0.3) is 0 Å². The number of fused-ring (bicyclic) bond motifs is 1. The first-order chi connectivity index (χ1) is 15.1. The number of esters is 1. The van der Waals surface area contributed by atoms with Crippen LogP contribution in [0, 0.1) is 5.92 Å². The third kappa shape index (κ3) is 4.32. The molecule has 2 aromatic heterocycles. The van der Waals surface area contributed by atoms with Crippen LogP contribution in [-0.4, -0.2) is 59.6 Å². The number of anilines is 1. The first-order valence-electron chi connectivity index (χ1n) is 10.4. The van der Waals surface area contributed by atoms with Crippen molar-refractivity contribution in [2.24, 2.45) is 5.92 Å². The highest BCUT2D eigenvalue weighted by atomic mass is 16.5. The van der Waals surface area contributed by atoms with E-state index in [2.05, 4.69) is 10.00 Å². The Hall–Kier alpha value is -3.20. The first kappa shape index (κ1) is 21.0. The van der Waals surface area contributed by atoms with Crippen molar-refractivity contribution in [1.82, 2.24) is 19.7 Å². The van der Waals surface area contributed by atoms with Crippen LogP contribution in [0.1, 0.15) is 25.6 Å². The molecule has 1 aliphatic heterocycles. The Bertz CT molecular complexity index is 1050. The smallest absolute Gasteiger partial charge is 0.310 e. The van der Waals surface area contributed by atoms with Gasteiger partial charge in [0, 0.05) is 20.2 Å². The van der Waals surface area contributed by atoms with Crippen molar-refractivity contribution in [1.29, 1.82) is 0 Å². The van der Waals surface area contributed by atoms with E-state index in [4.69, 9.17) is 24.2 Å². The van der Waals surface area contributed by atoms with Crippen molar-refractivity contribution in [3.05, 3.63) is 36.3 Å². The summed E-state index contributed by atoms with van der Waals surface area (Å²) in [6.45, 7) is 3.87. The van der Waals surface area contributed by atoms with Gasteiger partial charge >= 0.3 is 5.97 Å². The maximum absolute atomic E-state index is 12.3. The maximum Gasteiger partial charge on any atom is 0.310 e. The van der Waals surface area contributed by atoms with Crippen molar-refractivity contribution in [2.75, 3.05) is 38.8 Å². The van der Waals surface area contributed by atoms with Crippen LogP contribution in [0.25, 0.3) is 16.7 Å². The van der Waals surface area contributed by atoms with Crippen molar-refractivity contribution in [3.8, 4) is 11.4 Å². The molecular weight excluding hydrogens is 398 g/mol. The van der Waals surface area contributed by atoms with E-state index in [1.54, 1.807) is 25.1 Å². The molecule has 1 atom stereocenters. The van der Waals surface area contributed by atoms with Crippen LogP contribution < -0.4 is 9.64 Å². The zero-order chi connectivity index (χ0) is 21.8. The van der Waals surface area contributed by atoms with E-state index in [9.17, 15) is 4.79 Å². The summed E-state index contributed by atoms with van der Waals surface area (Å²) < 4.78 is 17.6. The van der Waals surface area contributed by atoms with E-state index in [1.807, 2.05) is 31.2 Å². The fourth-order valence-corrected chi connectivity index (χ4v) is 3.91. The number of hydrogen-bond donors (Lipinski definition) is 0. The van der Waals surface area contributed by atoms with Gasteiger partial charge in [-0.2, -0.15) is 5.10 Å². The molecule has 0 aliphatic carbocycles. The molecule has 9 nitrogen and oxygen atoms in total. The lowest BCUT2D eigenvalue weighted by Gasteiger charge is -2.32. The van der Waals surface area contributed by atoms with Crippen LogP contribution >= 0.6 is 0 Å². The number of carbonyl (C=O) groups is 1. The second-order valence-corrected chi connectivity index (χ2v) is 7.43. The molecule has 0 unspecified atom stereocenters. The summed E-state index contributed by atoms with van der Waals surface area (Å²) in [6, 6.07) is 7.63. The molecular formula is C22H27N5O4. The van der Waals surface area contributed by atoms with Gasteiger partial charge in [0.15, 0.2) is 11.5 Å². The summed E-state index contributed by atoms with van der Waals surface area (Å²) in [5.41, 5.74) is 1.56. The van der Waals surface area contributed by atoms with Crippen molar-refractivity contribution < 1.29 is 19.0 Å². The van der Waals surface area contributed by atoms with Crippen molar-refractivity contribution in [2.45, 2.75) is 26.4 Å². The van der Waals surface area contributed by atoms with E-state index in [0.29, 0.717) is 24.6 Å². The van der Waals surface area contributed by atoms with E-state index < -0.39 is 0 Å². The molecule has 3 heterocycles. The van der Waals surface area contributed by atoms with Crippen LogP contribution in [0.4, 0.5) is 5.82 Å². The quantitative estimate of drug-likeness (QED) is 0.534. The molecule has 0 spiro atoms. The number of benzene rings is 1. The molecule has 9 heteroatoms. The normalized spacial score (nSPS) is 16.5. The summed E-state index contributed by atoms with van der Waals surface area (Å²) in [6.07, 6.45) is 3.49. The molecule has 0 N–H and O–H groups in total. The lowest BCUT2D eigenvalue weighted by molar-refractivity contribution is -0.148. The van der Waals surface area contributed by atoms with Crippen LogP contribution in [0.2, 0.25) is 0 Å². The highest BCUT2D eigenvalue weighted by molar-refractivity contribution is 5.88. The van der Waals surface area contributed by atoms with E-state index in [1.165, 1.54) is 0 Å². The Kier molecular flexibility index (Phi) is 6.31. The molecule has 0 radical (unpaired) electrons. The third-order valence-electron chi connectivity index (χ3n) is 5.39. The van der Waals surface area contributed by atoms with Gasteiger partial charge in [0.2, 0.25) is 0 Å².